The van der Waals surface area contributed by atoms with Gasteiger partial charge in [-0.15, -0.1) is 0 Å². The molecule has 0 aromatic rings. The summed E-state index contributed by atoms with van der Waals surface area (Å²) in [6.45, 7) is 6.39. The molecule has 2 N–H and O–H groups in total. The van der Waals surface area contributed by atoms with Crippen LogP contribution < -0.4 is 5.73 Å². The van der Waals surface area contributed by atoms with Gasteiger partial charge in [-0.25, -0.2) is 0 Å². The van der Waals surface area contributed by atoms with E-state index in [0.717, 1.165) is 12.8 Å². The molecule has 0 bridgehead atoms. The quantitative estimate of drug-likeness (QED) is 0.731. The van der Waals surface area contributed by atoms with E-state index in [4.69, 9.17) is 5.73 Å². The number of carbonyl (C=O) groups is 1. The standard InChI is InChI=1S/C10H19N3O/c1-9(2,3)8(14)4-5-10(6-7-11)12-13-10/h4-7,11H2,1-3H3. The molecule has 4 heteroatoms. The van der Waals surface area contributed by atoms with E-state index in [0.29, 0.717) is 13.0 Å². The molecule has 80 valence electrons. The fourth-order valence-corrected chi connectivity index (χ4v) is 1.32. The van der Waals surface area contributed by atoms with E-state index in [1.165, 1.54) is 0 Å². The van der Waals surface area contributed by atoms with Crippen molar-refractivity contribution in [2.24, 2.45) is 21.4 Å². The Balaban J connectivity index is 2.31. The Hall–Kier alpha value is -0.770. The van der Waals surface area contributed by atoms with Gasteiger partial charge < -0.3 is 5.73 Å². The zero-order valence-electron chi connectivity index (χ0n) is 9.21. The number of carbonyl (C=O) groups excluding carboxylic acids is 1. The fourth-order valence-electron chi connectivity index (χ4n) is 1.32. The monoisotopic (exact) mass is 197 g/mol. The smallest absolute Gasteiger partial charge is 0.192 e. The average molecular weight is 197 g/mol. The Labute approximate surface area is 85.0 Å². The van der Waals surface area contributed by atoms with Gasteiger partial charge in [0.25, 0.3) is 0 Å². The van der Waals surface area contributed by atoms with Crippen LogP contribution in [0.3, 0.4) is 0 Å². The third-order valence-electron chi connectivity index (χ3n) is 2.52. The topological polar surface area (TPSA) is 67.8 Å². The molecule has 14 heavy (non-hydrogen) atoms. The van der Waals surface area contributed by atoms with Gasteiger partial charge >= 0.3 is 0 Å². The highest BCUT2D eigenvalue weighted by molar-refractivity contribution is 5.83. The minimum absolute atomic E-state index is 0.251. The van der Waals surface area contributed by atoms with Crippen LogP contribution in [0, 0.1) is 5.41 Å². The second-order valence-electron chi connectivity index (χ2n) is 4.89. The molecule has 0 aromatic carbocycles. The Kier molecular flexibility index (Phi) is 3.04. The first-order chi connectivity index (χ1) is 6.40. The first kappa shape index (κ1) is 11.3. The van der Waals surface area contributed by atoms with Crippen LogP contribution in [-0.4, -0.2) is 18.0 Å². The highest BCUT2D eigenvalue weighted by atomic mass is 16.1. The van der Waals surface area contributed by atoms with Crippen molar-refractivity contribution in [3.05, 3.63) is 0 Å². The van der Waals surface area contributed by atoms with Gasteiger partial charge in [0.05, 0.1) is 0 Å². The van der Waals surface area contributed by atoms with Crippen LogP contribution in [0.4, 0.5) is 0 Å². The highest BCUT2D eigenvalue weighted by Crippen LogP contribution is 2.37. The molecule has 4 nitrogen and oxygen atoms in total. The predicted octanol–water partition coefficient (Wildman–Crippen LogP) is 1.89. The summed E-state index contributed by atoms with van der Waals surface area (Å²) >= 11 is 0. The molecule has 1 aliphatic rings. The summed E-state index contributed by atoms with van der Waals surface area (Å²) in [6.07, 6.45) is 2.04. The minimum Gasteiger partial charge on any atom is -0.330 e. The summed E-state index contributed by atoms with van der Waals surface area (Å²) in [7, 11) is 0. The molecule has 0 saturated heterocycles. The fraction of sp³-hybridized carbons (Fsp3) is 0.900. The summed E-state index contributed by atoms with van der Waals surface area (Å²) in [5.74, 6) is 0.270. The maximum Gasteiger partial charge on any atom is 0.192 e. The van der Waals surface area contributed by atoms with E-state index in [2.05, 4.69) is 10.2 Å². The lowest BCUT2D eigenvalue weighted by molar-refractivity contribution is -0.126. The third kappa shape index (κ3) is 2.87. The van der Waals surface area contributed by atoms with E-state index in [1.54, 1.807) is 0 Å². The van der Waals surface area contributed by atoms with Crippen LogP contribution in [0.1, 0.15) is 40.0 Å². The van der Waals surface area contributed by atoms with Crippen molar-refractivity contribution in [3.63, 3.8) is 0 Å². The van der Waals surface area contributed by atoms with Gasteiger partial charge in [-0.2, -0.15) is 10.2 Å². The van der Waals surface area contributed by atoms with E-state index in [9.17, 15) is 4.79 Å². The summed E-state index contributed by atoms with van der Waals surface area (Å²) in [5.41, 5.74) is 4.89. The lowest BCUT2D eigenvalue weighted by Gasteiger charge is -2.17. The van der Waals surface area contributed by atoms with Gasteiger partial charge in [-0.05, 0) is 6.54 Å². The molecule has 0 spiro atoms. The summed E-state index contributed by atoms with van der Waals surface area (Å²) in [5, 5.41) is 7.94. The molecule has 0 aromatic heterocycles. The molecule has 1 heterocycles. The number of ketones is 1. The second-order valence-corrected chi connectivity index (χ2v) is 4.89. The van der Waals surface area contributed by atoms with Gasteiger partial charge in [0, 0.05) is 24.7 Å². The normalized spacial score (nSPS) is 18.3. The molecule has 0 aliphatic carbocycles. The number of hydrogen-bond acceptors (Lipinski definition) is 4. The highest BCUT2D eigenvalue weighted by Gasteiger charge is 2.39. The van der Waals surface area contributed by atoms with Crippen molar-refractivity contribution in [1.82, 2.24) is 0 Å². The van der Waals surface area contributed by atoms with Crippen LogP contribution in [0.15, 0.2) is 10.2 Å². The molecular weight excluding hydrogens is 178 g/mol. The lowest BCUT2D eigenvalue weighted by atomic mass is 9.86. The zero-order chi connectivity index (χ0) is 10.8. The van der Waals surface area contributed by atoms with E-state index < -0.39 is 0 Å². The van der Waals surface area contributed by atoms with Gasteiger partial charge in [-0.1, -0.05) is 20.8 Å². The van der Waals surface area contributed by atoms with Crippen molar-refractivity contribution >= 4 is 5.78 Å². The van der Waals surface area contributed by atoms with Gasteiger partial charge in [0.15, 0.2) is 5.66 Å². The molecule has 0 fully saturated rings. The number of nitrogens with two attached hydrogens (primary N) is 1. The average Bonchev–Trinajstić information content (AvgIpc) is 2.80. The van der Waals surface area contributed by atoms with Crippen molar-refractivity contribution < 1.29 is 4.79 Å². The molecule has 0 saturated carbocycles. The van der Waals surface area contributed by atoms with E-state index >= 15 is 0 Å². The maximum atomic E-state index is 11.6. The SMILES string of the molecule is CC(C)(C)C(=O)CCC1(CCN)N=N1. The summed E-state index contributed by atoms with van der Waals surface area (Å²) < 4.78 is 0. The molecule has 0 unspecified atom stereocenters. The largest absolute Gasteiger partial charge is 0.330 e. The Morgan fingerprint density at radius 2 is 1.86 bits per heavy atom. The van der Waals surface area contributed by atoms with Crippen molar-refractivity contribution in [2.75, 3.05) is 6.54 Å². The number of nitrogens with zero attached hydrogens (tertiary/aromatic N) is 2. The van der Waals surface area contributed by atoms with Crippen molar-refractivity contribution in [2.45, 2.75) is 45.7 Å². The van der Waals surface area contributed by atoms with Crippen LogP contribution in [-0.2, 0) is 4.79 Å². The Morgan fingerprint density at radius 3 is 2.21 bits per heavy atom. The molecule has 0 radical (unpaired) electrons. The first-order valence-electron chi connectivity index (χ1n) is 5.07. The minimum atomic E-state index is -0.296. The van der Waals surface area contributed by atoms with Crippen LogP contribution in [0.25, 0.3) is 0 Å². The van der Waals surface area contributed by atoms with Crippen LogP contribution in [0.2, 0.25) is 0 Å². The second kappa shape index (κ2) is 3.77. The lowest BCUT2D eigenvalue weighted by Crippen LogP contribution is -2.24. The molecule has 0 amide bonds. The predicted molar refractivity (Wildman–Crippen MR) is 55.0 cm³/mol. The molecule has 1 aliphatic heterocycles. The molecule has 0 atom stereocenters. The van der Waals surface area contributed by atoms with Crippen molar-refractivity contribution in [3.8, 4) is 0 Å². The first-order valence-corrected chi connectivity index (χ1v) is 5.07. The van der Waals surface area contributed by atoms with Gasteiger partial charge in [-0.3, -0.25) is 4.79 Å². The Morgan fingerprint density at radius 1 is 1.29 bits per heavy atom. The Bertz CT molecular complexity index is 247. The van der Waals surface area contributed by atoms with Crippen LogP contribution >= 0.6 is 0 Å². The van der Waals surface area contributed by atoms with E-state index in [1.807, 2.05) is 20.8 Å². The van der Waals surface area contributed by atoms with E-state index in [-0.39, 0.29) is 16.9 Å². The van der Waals surface area contributed by atoms with Gasteiger partial charge in [0.1, 0.15) is 5.78 Å². The maximum absolute atomic E-state index is 11.6. The number of Topliss-reactive ketones (excluding diaryl/α,β-unsaturated/α-hetero) is 1. The number of hydrogen-bond donors (Lipinski definition) is 1. The third-order valence-corrected chi connectivity index (χ3v) is 2.52. The molecular formula is C10H19N3O. The zero-order valence-corrected chi connectivity index (χ0v) is 9.21. The molecule has 1 rings (SSSR count). The summed E-state index contributed by atoms with van der Waals surface area (Å²) in [4.78, 5) is 11.6. The van der Waals surface area contributed by atoms with Crippen molar-refractivity contribution in [1.29, 1.82) is 0 Å². The van der Waals surface area contributed by atoms with Gasteiger partial charge in [0.2, 0.25) is 0 Å². The van der Waals surface area contributed by atoms with Crippen LogP contribution in [0.5, 0.6) is 0 Å². The number of rotatable bonds is 5. The summed E-state index contributed by atoms with van der Waals surface area (Å²) in [6, 6.07) is 0.